The third kappa shape index (κ3) is 5.49. The van der Waals surface area contributed by atoms with Gasteiger partial charge in [-0.25, -0.2) is 4.79 Å². The fourth-order valence-electron chi connectivity index (χ4n) is 1.68. The SMILES string of the molecule is CCCCOC(C)C(=O)NC(CC1CC1)C(=O)O. The van der Waals surface area contributed by atoms with Crippen LogP contribution in [0.5, 0.6) is 0 Å². The number of carboxylic acid groups (broad SMARTS) is 1. The van der Waals surface area contributed by atoms with Gasteiger partial charge < -0.3 is 15.2 Å². The zero-order valence-corrected chi connectivity index (χ0v) is 11.1. The first-order valence-electron chi connectivity index (χ1n) is 6.69. The van der Waals surface area contributed by atoms with Crippen molar-refractivity contribution in [2.75, 3.05) is 6.61 Å². The number of hydrogen-bond donors (Lipinski definition) is 2. The van der Waals surface area contributed by atoms with Gasteiger partial charge in [-0.1, -0.05) is 26.2 Å². The van der Waals surface area contributed by atoms with Crippen molar-refractivity contribution >= 4 is 11.9 Å². The van der Waals surface area contributed by atoms with E-state index in [4.69, 9.17) is 9.84 Å². The molecule has 2 unspecified atom stereocenters. The monoisotopic (exact) mass is 257 g/mol. The highest BCUT2D eigenvalue weighted by Crippen LogP contribution is 2.33. The predicted molar refractivity (Wildman–Crippen MR) is 67.2 cm³/mol. The number of nitrogens with one attached hydrogen (secondary N) is 1. The van der Waals surface area contributed by atoms with Crippen LogP contribution in [0, 0.1) is 5.92 Å². The molecule has 0 radical (unpaired) electrons. The van der Waals surface area contributed by atoms with Crippen molar-refractivity contribution in [1.82, 2.24) is 5.32 Å². The zero-order valence-electron chi connectivity index (χ0n) is 11.1. The van der Waals surface area contributed by atoms with Crippen LogP contribution in [0.1, 0.15) is 46.0 Å². The first kappa shape index (κ1) is 15.0. The van der Waals surface area contributed by atoms with E-state index < -0.39 is 18.1 Å². The molecule has 2 N–H and O–H groups in total. The Hall–Kier alpha value is -1.10. The molecule has 18 heavy (non-hydrogen) atoms. The number of carbonyl (C=O) groups excluding carboxylic acids is 1. The van der Waals surface area contributed by atoms with Crippen LogP contribution in [0.15, 0.2) is 0 Å². The Morgan fingerprint density at radius 2 is 2.11 bits per heavy atom. The summed E-state index contributed by atoms with van der Waals surface area (Å²) in [5, 5.41) is 11.6. The molecular weight excluding hydrogens is 234 g/mol. The minimum absolute atomic E-state index is 0.334. The maximum absolute atomic E-state index is 11.8. The quantitative estimate of drug-likeness (QED) is 0.615. The summed E-state index contributed by atoms with van der Waals surface area (Å²) in [5.74, 6) is -0.835. The second-order valence-electron chi connectivity index (χ2n) is 4.95. The average Bonchev–Trinajstić information content (AvgIpc) is 3.12. The van der Waals surface area contributed by atoms with Gasteiger partial charge in [0, 0.05) is 6.61 Å². The molecule has 0 aromatic heterocycles. The van der Waals surface area contributed by atoms with Gasteiger partial charge in [0.1, 0.15) is 12.1 Å². The Bertz CT molecular complexity index is 289. The molecule has 104 valence electrons. The molecule has 1 rings (SSSR count). The lowest BCUT2D eigenvalue weighted by Crippen LogP contribution is -2.45. The number of carboxylic acids is 1. The van der Waals surface area contributed by atoms with Crippen molar-refractivity contribution in [3.05, 3.63) is 0 Å². The molecule has 0 aliphatic heterocycles. The first-order valence-corrected chi connectivity index (χ1v) is 6.69. The van der Waals surface area contributed by atoms with Gasteiger partial charge in [0.2, 0.25) is 5.91 Å². The van der Waals surface area contributed by atoms with Gasteiger partial charge in [-0.2, -0.15) is 0 Å². The predicted octanol–water partition coefficient (Wildman–Crippen LogP) is 1.56. The summed E-state index contributed by atoms with van der Waals surface area (Å²) >= 11 is 0. The molecule has 0 bridgehead atoms. The fourth-order valence-corrected chi connectivity index (χ4v) is 1.68. The molecule has 1 fully saturated rings. The van der Waals surface area contributed by atoms with Crippen LogP contribution in [0.25, 0.3) is 0 Å². The first-order chi connectivity index (χ1) is 8.54. The van der Waals surface area contributed by atoms with Crippen LogP contribution in [0.4, 0.5) is 0 Å². The van der Waals surface area contributed by atoms with E-state index in [-0.39, 0.29) is 5.91 Å². The van der Waals surface area contributed by atoms with Gasteiger partial charge >= 0.3 is 5.97 Å². The molecule has 0 aromatic rings. The molecule has 2 atom stereocenters. The van der Waals surface area contributed by atoms with E-state index >= 15 is 0 Å². The van der Waals surface area contributed by atoms with Gasteiger partial charge in [0.25, 0.3) is 0 Å². The van der Waals surface area contributed by atoms with E-state index in [1.165, 1.54) is 0 Å². The van der Waals surface area contributed by atoms with E-state index in [9.17, 15) is 9.59 Å². The van der Waals surface area contributed by atoms with Gasteiger partial charge in [-0.15, -0.1) is 0 Å². The molecule has 5 nitrogen and oxygen atoms in total. The Labute approximate surface area is 108 Å². The normalized spacial score (nSPS) is 18.1. The zero-order chi connectivity index (χ0) is 13.5. The van der Waals surface area contributed by atoms with Gasteiger partial charge in [-0.3, -0.25) is 4.79 Å². The van der Waals surface area contributed by atoms with Crippen molar-refractivity contribution in [2.45, 2.75) is 58.1 Å². The molecule has 5 heteroatoms. The largest absolute Gasteiger partial charge is 0.480 e. The number of aliphatic carboxylic acids is 1. The molecule has 0 saturated heterocycles. The molecule has 1 aliphatic carbocycles. The van der Waals surface area contributed by atoms with Crippen LogP contribution in [0.2, 0.25) is 0 Å². The van der Waals surface area contributed by atoms with Crippen molar-refractivity contribution in [3.8, 4) is 0 Å². The second kappa shape index (κ2) is 7.36. The molecular formula is C13H23NO4. The van der Waals surface area contributed by atoms with Crippen LogP contribution in [-0.2, 0) is 14.3 Å². The third-order valence-corrected chi connectivity index (χ3v) is 3.12. The van der Waals surface area contributed by atoms with Crippen LogP contribution in [-0.4, -0.2) is 35.7 Å². The lowest BCUT2D eigenvalue weighted by molar-refractivity contribution is -0.144. The minimum Gasteiger partial charge on any atom is -0.480 e. The second-order valence-corrected chi connectivity index (χ2v) is 4.95. The van der Waals surface area contributed by atoms with Gasteiger partial charge in [0.15, 0.2) is 0 Å². The van der Waals surface area contributed by atoms with Crippen molar-refractivity contribution in [1.29, 1.82) is 0 Å². The maximum atomic E-state index is 11.8. The van der Waals surface area contributed by atoms with Crippen molar-refractivity contribution in [3.63, 3.8) is 0 Å². The highest BCUT2D eigenvalue weighted by atomic mass is 16.5. The highest BCUT2D eigenvalue weighted by molar-refractivity contribution is 5.86. The summed E-state index contributed by atoms with van der Waals surface area (Å²) in [6.45, 7) is 4.23. The summed E-state index contributed by atoms with van der Waals surface area (Å²) < 4.78 is 5.34. The minimum atomic E-state index is -0.962. The van der Waals surface area contributed by atoms with Crippen molar-refractivity contribution in [2.24, 2.45) is 5.92 Å². The Morgan fingerprint density at radius 1 is 1.44 bits per heavy atom. The van der Waals surface area contributed by atoms with E-state index in [1.807, 2.05) is 6.92 Å². The van der Waals surface area contributed by atoms with E-state index in [2.05, 4.69) is 5.32 Å². The number of rotatable bonds is 9. The summed E-state index contributed by atoms with van der Waals surface area (Å²) in [4.78, 5) is 22.8. The topological polar surface area (TPSA) is 75.6 Å². The number of unbranched alkanes of at least 4 members (excludes halogenated alkanes) is 1. The Kier molecular flexibility index (Phi) is 6.12. The van der Waals surface area contributed by atoms with E-state index in [0.717, 1.165) is 25.7 Å². The number of hydrogen-bond acceptors (Lipinski definition) is 3. The van der Waals surface area contributed by atoms with E-state index in [0.29, 0.717) is 18.9 Å². The third-order valence-electron chi connectivity index (χ3n) is 3.12. The molecule has 1 aliphatic rings. The fraction of sp³-hybridized carbons (Fsp3) is 0.846. The lowest BCUT2D eigenvalue weighted by Gasteiger charge is -2.18. The summed E-state index contributed by atoms with van der Waals surface area (Å²) in [6, 6.07) is -0.776. The average molecular weight is 257 g/mol. The van der Waals surface area contributed by atoms with Gasteiger partial charge in [-0.05, 0) is 25.7 Å². The van der Waals surface area contributed by atoms with Crippen LogP contribution >= 0.6 is 0 Å². The Balaban J connectivity index is 2.32. The van der Waals surface area contributed by atoms with Crippen molar-refractivity contribution < 1.29 is 19.4 Å². The molecule has 0 spiro atoms. The highest BCUT2D eigenvalue weighted by Gasteiger charge is 2.31. The maximum Gasteiger partial charge on any atom is 0.326 e. The standard InChI is InChI=1S/C13H23NO4/c1-3-4-7-18-9(2)12(15)14-11(13(16)17)8-10-5-6-10/h9-11H,3-8H2,1-2H3,(H,14,15)(H,16,17). The summed E-state index contributed by atoms with van der Waals surface area (Å²) in [5.41, 5.74) is 0. The van der Waals surface area contributed by atoms with E-state index in [1.54, 1.807) is 6.92 Å². The molecule has 1 saturated carbocycles. The van der Waals surface area contributed by atoms with Crippen LogP contribution < -0.4 is 5.32 Å². The smallest absolute Gasteiger partial charge is 0.326 e. The lowest BCUT2D eigenvalue weighted by atomic mass is 10.1. The summed E-state index contributed by atoms with van der Waals surface area (Å²) in [7, 11) is 0. The molecule has 0 aromatic carbocycles. The number of amides is 1. The Morgan fingerprint density at radius 3 is 2.61 bits per heavy atom. The van der Waals surface area contributed by atoms with Crippen LogP contribution in [0.3, 0.4) is 0 Å². The number of carbonyl (C=O) groups is 2. The molecule has 0 heterocycles. The molecule has 1 amide bonds. The summed E-state index contributed by atoms with van der Waals surface area (Å²) in [6.07, 6.45) is 4.00. The van der Waals surface area contributed by atoms with Gasteiger partial charge in [0.05, 0.1) is 0 Å². The number of ether oxygens (including phenoxy) is 1.